The maximum Gasteiger partial charge on any atom is 0.164 e. The Balaban J connectivity index is 2.05. The van der Waals surface area contributed by atoms with Crippen molar-refractivity contribution in [3.05, 3.63) is 23.3 Å². The van der Waals surface area contributed by atoms with Crippen LogP contribution in [0, 0.1) is 5.92 Å². The Bertz CT molecular complexity index is 314. The van der Waals surface area contributed by atoms with Crippen LogP contribution < -0.4 is 5.32 Å². The summed E-state index contributed by atoms with van der Waals surface area (Å²) < 4.78 is 0. The lowest BCUT2D eigenvalue weighted by molar-refractivity contribution is -0.115. The highest BCUT2D eigenvalue weighted by Gasteiger charge is 2.43. The Morgan fingerprint density at radius 2 is 2.42 bits per heavy atom. The summed E-state index contributed by atoms with van der Waals surface area (Å²) in [7, 11) is 0. The third-order valence-electron chi connectivity index (χ3n) is 3.13. The lowest BCUT2D eigenvalue weighted by Crippen LogP contribution is -2.52. The van der Waals surface area contributed by atoms with Crippen molar-refractivity contribution in [1.29, 1.82) is 0 Å². The van der Waals surface area contributed by atoms with Crippen LogP contribution in [0.4, 0.5) is 0 Å². The zero-order chi connectivity index (χ0) is 8.13. The van der Waals surface area contributed by atoms with Crippen molar-refractivity contribution in [2.24, 2.45) is 5.92 Å². The van der Waals surface area contributed by atoms with E-state index in [-0.39, 0.29) is 0 Å². The van der Waals surface area contributed by atoms with Gasteiger partial charge in [-0.05, 0) is 17.9 Å². The van der Waals surface area contributed by atoms with E-state index in [0.29, 0.717) is 18.2 Å². The van der Waals surface area contributed by atoms with Gasteiger partial charge in [-0.3, -0.25) is 4.79 Å². The minimum atomic E-state index is 0.340. The smallest absolute Gasteiger partial charge is 0.164 e. The second kappa shape index (κ2) is 2.07. The molecule has 0 unspecified atom stereocenters. The van der Waals surface area contributed by atoms with Crippen LogP contribution in [0.15, 0.2) is 23.3 Å². The Morgan fingerprint density at radius 3 is 3.17 bits per heavy atom. The summed E-state index contributed by atoms with van der Waals surface area (Å²) >= 11 is 0. The number of fused-ring (bicyclic) bond motifs is 2. The lowest BCUT2D eigenvalue weighted by atomic mass is 9.89. The number of allylic oxidation sites excluding steroid dienone is 3. The number of rotatable bonds is 0. The highest BCUT2D eigenvalue weighted by atomic mass is 16.1. The molecule has 1 fully saturated rings. The Kier molecular flexibility index (Phi) is 1.14. The van der Waals surface area contributed by atoms with Gasteiger partial charge in [0.2, 0.25) is 0 Å². The topological polar surface area (TPSA) is 29.1 Å². The van der Waals surface area contributed by atoms with Gasteiger partial charge in [0, 0.05) is 24.6 Å². The first kappa shape index (κ1) is 6.61. The van der Waals surface area contributed by atoms with Crippen LogP contribution in [0.3, 0.4) is 0 Å². The molecule has 1 N–H and O–H groups in total. The van der Waals surface area contributed by atoms with E-state index in [2.05, 4.69) is 11.4 Å². The van der Waals surface area contributed by atoms with Gasteiger partial charge in [0.15, 0.2) is 5.78 Å². The molecule has 0 aromatic heterocycles. The zero-order valence-electron chi connectivity index (χ0n) is 6.84. The molecule has 2 aliphatic carbocycles. The summed E-state index contributed by atoms with van der Waals surface area (Å²) in [4.78, 5) is 11.5. The highest BCUT2D eigenvalue weighted by molar-refractivity contribution is 6.00. The third-order valence-corrected chi connectivity index (χ3v) is 3.13. The van der Waals surface area contributed by atoms with E-state index in [1.165, 1.54) is 5.57 Å². The van der Waals surface area contributed by atoms with E-state index in [9.17, 15) is 4.79 Å². The van der Waals surface area contributed by atoms with Crippen LogP contribution in [0.2, 0.25) is 0 Å². The summed E-state index contributed by atoms with van der Waals surface area (Å²) in [5.41, 5.74) is 2.39. The van der Waals surface area contributed by atoms with Crippen LogP contribution in [-0.4, -0.2) is 18.4 Å². The number of nitrogens with one attached hydrogen (secondary N) is 1. The van der Waals surface area contributed by atoms with E-state index >= 15 is 0 Å². The molecule has 2 heteroatoms. The third kappa shape index (κ3) is 0.661. The molecule has 0 aromatic carbocycles. The van der Waals surface area contributed by atoms with Gasteiger partial charge in [0.05, 0.1) is 0 Å². The molecular weight excluding hydrogens is 150 g/mol. The molecule has 1 heterocycles. The van der Waals surface area contributed by atoms with Crippen molar-refractivity contribution in [1.82, 2.24) is 5.32 Å². The Labute approximate surface area is 71.3 Å². The molecule has 3 rings (SSSR count). The van der Waals surface area contributed by atoms with Gasteiger partial charge in [-0.1, -0.05) is 12.2 Å². The van der Waals surface area contributed by atoms with Crippen LogP contribution in [0.1, 0.15) is 12.8 Å². The van der Waals surface area contributed by atoms with Gasteiger partial charge in [0.1, 0.15) is 0 Å². The molecule has 0 spiro atoms. The SMILES string of the molecule is O=C1CC=CC2=C1[C@@H]1NC[C@@H]1C2. The molecule has 3 aliphatic rings. The van der Waals surface area contributed by atoms with Crippen LogP contribution in [0.25, 0.3) is 0 Å². The average molecular weight is 161 g/mol. The molecule has 1 aliphatic heterocycles. The van der Waals surface area contributed by atoms with Crippen LogP contribution in [0.5, 0.6) is 0 Å². The first-order valence-electron chi connectivity index (χ1n) is 4.52. The summed E-state index contributed by atoms with van der Waals surface area (Å²) in [5.74, 6) is 1.06. The molecule has 2 atom stereocenters. The van der Waals surface area contributed by atoms with Gasteiger partial charge >= 0.3 is 0 Å². The number of hydrogen-bond donors (Lipinski definition) is 1. The summed E-state index contributed by atoms with van der Waals surface area (Å²) in [6, 6.07) is 0.414. The molecule has 0 radical (unpaired) electrons. The standard InChI is InChI=1S/C10H11NO/c12-8-3-1-2-6-4-7-5-11-10(7)9(6)8/h1-2,7,10-11H,3-5H2/t7-,10+/m0/s1. The summed E-state index contributed by atoms with van der Waals surface area (Å²) in [5, 5.41) is 3.32. The van der Waals surface area contributed by atoms with Crippen molar-refractivity contribution >= 4 is 5.78 Å². The predicted molar refractivity (Wildman–Crippen MR) is 45.7 cm³/mol. The van der Waals surface area contributed by atoms with Crippen molar-refractivity contribution in [2.75, 3.05) is 6.54 Å². The van der Waals surface area contributed by atoms with Gasteiger partial charge in [-0.2, -0.15) is 0 Å². The molecule has 0 saturated carbocycles. The Morgan fingerprint density at radius 1 is 1.50 bits per heavy atom. The summed E-state index contributed by atoms with van der Waals surface area (Å²) in [6.07, 6.45) is 5.86. The van der Waals surface area contributed by atoms with Gasteiger partial charge in [-0.15, -0.1) is 0 Å². The first-order valence-corrected chi connectivity index (χ1v) is 4.52. The molecule has 0 bridgehead atoms. The van der Waals surface area contributed by atoms with Crippen molar-refractivity contribution in [3.8, 4) is 0 Å². The average Bonchev–Trinajstić information content (AvgIpc) is 2.26. The fraction of sp³-hybridized carbons (Fsp3) is 0.500. The van der Waals surface area contributed by atoms with Gasteiger partial charge < -0.3 is 5.32 Å². The molecule has 12 heavy (non-hydrogen) atoms. The minimum Gasteiger partial charge on any atom is -0.309 e. The van der Waals surface area contributed by atoms with Gasteiger partial charge in [0.25, 0.3) is 0 Å². The lowest BCUT2D eigenvalue weighted by Gasteiger charge is -2.33. The van der Waals surface area contributed by atoms with E-state index in [0.717, 1.165) is 24.5 Å². The number of ketones is 1. The van der Waals surface area contributed by atoms with Crippen LogP contribution in [-0.2, 0) is 4.79 Å². The monoisotopic (exact) mass is 161 g/mol. The zero-order valence-corrected chi connectivity index (χ0v) is 6.84. The molecule has 1 saturated heterocycles. The summed E-state index contributed by atoms with van der Waals surface area (Å²) in [6.45, 7) is 1.10. The number of carbonyl (C=O) groups is 1. The largest absolute Gasteiger partial charge is 0.309 e. The fourth-order valence-corrected chi connectivity index (χ4v) is 2.45. The predicted octanol–water partition coefficient (Wildman–Crippen LogP) is 0.804. The molecule has 2 nitrogen and oxygen atoms in total. The number of hydrogen-bond acceptors (Lipinski definition) is 2. The normalized spacial score (nSPS) is 37.8. The number of Topliss-reactive ketones (excluding diaryl/α,β-unsaturated/α-hetero) is 1. The fourth-order valence-electron chi connectivity index (χ4n) is 2.45. The maximum atomic E-state index is 11.5. The quantitative estimate of drug-likeness (QED) is 0.569. The van der Waals surface area contributed by atoms with E-state index in [1.54, 1.807) is 0 Å². The van der Waals surface area contributed by atoms with Crippen molar-refractivity contribution in [2.45, 2.75) is 18.9 Å². The van der Waals surface area contributed by atoms with E-state index in [4.69, 9.17) is 0 Å². The molecule has 62 valence electrons. The number of carbonyl (C=O) groups excluding carboxylic acids is 1. The first-order chi connectivity index (χ1) is 5.86. The highest BCUT2D eigenvalue weighted by Crippen LogP contribution is 2.39. The van der Waals surface area contributed by atoms with E-state index in [1.807, 2.05) is 6.08 Å². The maximum absolute atomic E-state index is 11.5. The van der Waals surface area contributed by atoms with Crippen LogP contribution >= 0.6 is 0 Å². The van der Waals surface area contributed by atoms with E-state index < -0.39 is 0 Å². The molecule has 0 aromatic rings. The minimum absolute atomic E-state index is 0.340. The molecule has 0 amide bonds. The second-order valence-corrected chi connectivity index (χ2v) is 3.82. The molecular formula is C10H11NO. The van der Waals surface area contributed by atoms with Crippen molar-refractivity contribution < 1.29 is 4.79 Å². The van der Waals surface area contributed by atoms with Crippen molar-refractivity contribution in [3.63, 3.8) is 0 Å². The Hall–Kier alpha value is -0.890. The van der Waals surface area contributed by atoms with Gasteiger partial charge in [-0.25, -0.2) is 0 Å². The second-order valence-electron chi connectivity index (χ2n) is 3.82.